The number of halogens is 2. The van der Waals surface area contributed by atoms with E-state index in [0.717, 1.165) is 6.07 Å². The molecule has 0 fully saturated rings. The Morgan fingerprint density at radius 1 is 1.35 bits per heavy atom. The number of nitrogens with zero attached hydrogens (tertiary/aromatic N) is 1. The minimum atomic E-state index is -1.02. The summed E-state index contributed by atoms with van der Waals surface area (Å²) in [7, 11) is 0. The Balaban J connectivity index is 2.19. The number of carbonyl (C=O) groups is 1. The van der Waals surface area contributed by atoms with Crippen molar-refractivity contribution in [3.05, 3.63) is 53.0 Å². The van der Waals surface area contributed by atoms with E-state index >= 15 is 0 Å². The number of nitrogens with two attached hydrogens (primary N) is 1. The Bertz CT molecular complexity index is 704. The quantitative estimate of drug-likeness (QED) is 0.895. The van der Waals surface area contributed by atoms with Crippen molar-refractivity contribution in [3.8, 4) is 6.07 Å². The summed E-state index contributed by atoms with van der Waals surface area (Å²) in [6.45, 7) is 0.0719. The fourth-order valence-electron chi connectivity index (χ4n) is 1.59. The number of hydrogen-bond acceptors (Lipinski definition) is 4. The standard InChI is InChI=1S/C13H9F2N3O2/c14-10-4-11(15)12(3-9(10)13(17)19)18-6-8-2-1-7(5-16)20-8/h1-4,18H,6H2,(H2,17,19). The third-order valence-electron chi connectivity index (χ3n) is 2.55. The molecule has 1 amide bonds. The average Bonchev–Trinajstić information content (AvgIpc) is 2.85. The molecule has 1 aromatic carbocycles. The molecule has 1 heterocycles. The predicted molar refractivity (Wildman–Crippen MR) is 65.6 cm³/mol. The highest BCUT2D eigenvalue weighted by atomic mass is 19.1. The van der Waals surface area contributed by atoms with Crippen molar-refractivity contribution < 1.29 is 18.0 Å². The van der Waals surface area contributed by atoms with Gasteiger partial charge in [0, 0.05) is 6.07 Å². The summed E-state index contributed by atoms with van der Waals surface area (Å²) in [4.78, 5) is 11.0. The Morgan fingerprint density at radius 3 is 2.70 bits per heavy atom. The van der Waals surface area contributed by atoms with E-state index in [-0.39, 0.29) is 18.0 Å². The number of amides is 1. The highest BCUT2D eigenvalue weighted by molar-refractivity contribution is 5.94. The highest BCUT2D eigenvalue weighted by Gasteiger charge is 2.14. The molecule has 3 N–H and O–H groups in total. The lowest BCUT2D eigenvalue weighted by Crippen LogP contribution is -2.14. The zero-order chi connectivity index (χ0) is 14.7. The van der Waals surface area contributed by atoms with Crippen LogP contribution in [0.2, 0.25) is 0 Å². The van der Waals surface area contributed by atoms with Crippen LogP contribution in [0.25, 0.3) is 0 Å². The first kappa shape index (κ1) is 13.5. The molecular formula is C13H9F2N3O2. The van der Waals surface area contributed by atoms with Gasteiger partial charge in [-0.2, -0.15) is 5.26 Å². The van der Waals surface area contributed by atoms with E-state index in [9.17, 15) is 13.6 Å². The fourth-order valence-corrected chi connectivity index (χ4v) is 1.59. The van der Waals surface area contributed by atoms with E-state index in [2.05, 4.69) is 5.32 Å². The SMILES string of the molecule is N#Cc1ccc(CNc2cc(C(N)=O)c(F)cc2F)o1. The van der Waals surface area contributed by atoms with Crippen molar-refractivity contribution >= 4 is 11.6 Å². The van der Waals surface area contributed by atoms with Crippen molar-refractivity contribution in [2.75, 3.05) is 5.32 Å². The largest absolute Gasteiger partial charge is 0.449 e. The summed E-state index contributed by atoms with van der Waals surface area (Å²) >= 11 is 0. The number of furan rings is 1. The zero-order valence-corrected chi connectivity index (χ0v) is 10.1. The minimum Gasteiger partial charge on any atom is -0.449 e. The van der Waals surface area contributed by atoms with E-state index in [1.165, 1.54) is 6.07 Å². The van der Waals surface area contributed by atoms with Crippen LogP contribution in [0.3, 0.4) is 0 Å². The van der Waals surface area contributed by atoms with Gasteiger partial charge >= 0.3 is 0 Å². The number of carbonyl (C=O) groups excluding carboxylic acids is 1. The number of nitrogens with one attached hydrogen (secondary N) is 1. The van der Waals surface area contributed by atoms with E-state index in [4.69, 9.17) is 15.4 Å². The third-order valence-corrected chi connectivity index (χ3v) is 2.55. The van der Waals surface area contributed by atoms with Gasteiger partial charge in [-0.15, -0.1) is 0 Å². The molecule has 0 saturated heterocycles. The highest BCUT2D eigenvalue weighted by Crippen LogP contribution is 2.20. The fraction of sp³-hybridized carbons (Fsp3) is 0.0769. The summed E-state index contributed by atoms with van der Waals surface area (Å²) in [6, 6.07) is 6.38. The maximum atomic E-state index is 13.5. The van der Waals surface area contributed by atoms with Crippen LogP contribution in [0.4, 0.5) is 14.5 Å². The third kappa shape index (κ3) is 2.75. The van der Waals surface area contributed by atoms with Gasteiger partial charge in [0.15, 0.2) is 0 Å². The maximum absolute atomic E-state index is 13.5. The van der Waals surface area contributed by atoms with Gasteiger partial charge in [-0.3, -0.25) is 4.79 Å². The van der Waals surface area contributed by atoms with E-state index < -0.39 is 23.1 Å². The number of benzene rings is 1. The molecule has 2 rings (SSSR count). The Kier molecular flexibility index (Phi) is 3.66. The number of hydrogen-bond donors (Lipinski definition) is 2. The summed E-state index contributed by atoms with van der Waals surface area (Å²) in [5.74, 6) is -2.36. The second-order valence-electron chi connectivity index (χ2n) is 3.91. The lowest BCUT2D eigenvalue weighted by Gasteiger charge is -2.08. The van der Waals surface area contributed by atoms with Crippen LogP contribution in [-0.4, -0.2) is 5.91 Å². The summed E-state index contributed by atoms with van der Waals surface area (Å²) in [6.07, 6.45) is 0. The van der Waals surface area contributed by atoms with Crippen LogP contribution in [0.15, 0.2) is 28.7 Å². The molecule has 20 heavy (non-hydrogen) atoms. The van der Waals surface area contributed by atoms with Crippen LogP contribution in [-0.2, 0) is 6.54 Å². The molecule has 0 atom stereocenters. The smallest absolute Gasteiger partial charge is 0.251 e. The molecule has 0 saturated carbocycles. The van der Waals surface area contributed by atoms with Crippen molar-refractivity contribution in [1.82, 2.24) is 0 Å². The lowest BCUT2D eigenvalue weighted by molar-refractivity contribution is 0.0996. The summed E-state index contributed by atoms with van der Waals surface area (Å²) in [5, 5.41) is 11.2. The van der Waals surface area contributed by atoms with Crippen LogP contribution in [0.1, 0.15) is 21.9 Å². The molecule has 0 bridgehead atoms. The normalized spacial score (nSPS) is 10.1. The van der Waals surface area contributed by atoms with E-state index in [1.54, 1.807) is 6.07 Å². The minimum absolute atomic E-state index is 0.0719. The summed E-state index contributed by atoms with van der Waals surface area (Å²) in [5.41, 5.74) is 4.48. The predicted octanol–water partition coefficient (Wildman–Crippen LogP) is 2.14. The van der Waals surface area contributed by atoms with Crippen molar-refractivity contribution in [2.24, 2.45) is 5.73 Å². The lowest BCUT2D eigenvalue weighted by atomic mass is 10.1. The van der Waals surface area contributed by atoms with Crippen molar-refractivity contribution in [1.29, 1.82) is 5.26 Å². The van der Waals surface area contributed by atoms with Crippen LogP contribution in [0, 0.1) is 23.0 Å². The Morgan fingerprint density at radius 2 is 2.10 bits per heavy atom. The molecule has 0 aliphatic heterocycles. The molecule has 0 aliphatic carbocycles. The molecule has 5 nitrogen and oxygen atoms in total. The van der Waals surface area contributed by atoms with Crippen LogP contribution >= 0.6 is 0 Å². The number of nitriles is 1. The van der Waals surface area contributed by atoms with Gasteiger partial charge in [0.1, 0.15) is 23.5 Å². The molecule has 0 radical (unpaired) electrons. The maximum Gasteiger partial charge on any atom is 0.251 e. The van der Waals surface area contributed by atoms with Crippen LogP contribution < -0.4 is 11.1 Å². The first-order valence-electron chi connectivity index (χ1n) is 5.53. The molecule has 102 valence electrons. The molecule has 1 aromatic heterocycles. The van der Waals surface area contributed by atoms with Gasteiger partial charge in [0.2, 0.25) is 5.76 Å². The van der Waals surface area contributed by atoms with Gasteiger partial charge in [-0.05, 0) is 18.2 Å². The monoisotopic (exact) mass is 277 g/mol. The van der Waals surface area contributed by atoms with Crippen molar-refractivity contribution in [3.63, 3.8) is 0 Å². The van der Waals surface area contributed by atoms with Gasteiger partial charge in [-0.1, -0.05) is 0 Å². The zero-order valence-electron chi connectivity index (χ0n) is 10.1. The van der Waals surface area contributed by atoms with E-state index in [0.29, 0.717) is 11.8 Å². The molecule has 2 aromatic rings. The van der Waals surface area contributed by atoms with Gasteiger partial charge in [0.05, 0.1) is 17.8 Å². The van der Waals surface area contributed by atoms with E-state index in [1.807, 2.05) is 6.07 Å². The van der Waals surface area contributed by atoms with Gasteiger partial charge in [0.25, 0.3) is 5.91 Å². The molecule has 7 heteroatoms. The first-order valence-corrected chi connectivity index (χ1v) is 5.53. The number of anilines is 1. The Hall–Kier alpha value is -2.88. The average molecular weight is 277 g/mol. The molecule has 0 unspecified atom stereocenters. The molecular weight excluding hydrogens is 268 g/mol. The van der Waals surface area contributed by atoms with Crippen molar-refractivity contribution in [2.45, 2.75) is 6.54 Å². The molecule has 0 aliphatic rings. The first-order chi connectivity index (χ1) is 9.51. The number of primary amides is 1. The Labute approximate surface area is 112 Å². The second kappa shape index (κ2) is 5.40. The van der Waals surface area contributed by atoms with Gasteiger partial charge < -0.3 is 15.5 Å². The summed E-state index contributed by atoms with van der Waals surface area (Å²) < 4.78 is 31.9. The van der Waals surface area contributed by atoms with Gasteiger partial charge in [-0.25, -0.2) is 8.78 Å². The molecule has 0 spiro atoms. The number of rotatable bonds is 4. The topological polar surface area (TPSA) is 92.0 Å². The second-order valence-corrected chi connectivity index (χ2v) is 3.91. The van der Waals surface area contributed by atoms with Crippen LogP contribution in [0.5, 0.6) is 0 Å².